The Kier molecular flexibility index (Phi) is 5.81. The van der Waals surface area contributed by atoms with Gasteiger partial charge in [-0.2, -0.15) is 0 Å². The SMILES string of the molecule is CC(=O)N/N=C1\NC(=O)C(=Cc2ccc(OCC(C)C)cc2)S1. The van der Waals surface area contributed by atoms with Gasteiger partial charge >= 0.3 is 0 Å². The van der Waals surface area contributed by atoms with Gasteiger partial charge < -0.3 is 4.74 Å². The lowest BCUT2D eigenvalue weighted by atomic mass is 10.2. The van der Waals surface area contributed by atoms with Crippen LogP contribution in [0.5, 0.6) is 5.75 Å². The van der Waals surface area contributed by atoms with Crippen molar-refractivity contribution in [1.82, 2.24) is 10.7 Å². The van der Waals surface area contributed by atoms with Gasteiger partial charge in [0.05, 0.1) is 11.5 Å². The molecule has 0 atom stereocenters. The predicted octanol–water partition coefficient (Wildman–Crippen LogP) is 2.33. The third-order valence-electron chi connectivity index (χ3n) is 2.73. The van der Waals surface area contributed by atoms with Crippen LogP contribution in [-0.4, -0.2) is 23.6 Å². The van der Waals surface area contributed by atoms with Crippen molar-refractivity contribution in [1.29, 1.82) is 0 Å². The molecule has 1 aromatic carbocycles. The minimum atomic E-state index is -0.290. The second-order valence-electron chi connectivity index (χ2n) is 5.42. The number of rotatable bonds is 5. The number of amides is 2. The van der Waals surface area contributed by atoms with Gasteiger partial charge in [-0.3, -0.25) is 14.9 Å². The molecule has 2 N–H and O–H groups in total. The van der Waals surface area contributed by atoms with E-state index in [4.69, 9.17) is 4.74 Å². The summed E-state index contributed by atoms with van der Waals surface area (Å²) in [5.74, 6) is 0.745. The normalized spacial score (nSPS) is 17.7. The first-order chi connectivity index (χ1) is 10.9. The molecule has 1 aliphatic heterocycles. The first-order valence-corrected chi connectivity index (χ1v) is 8.03. The predicted molar refractivity (Wildman–Crippen MR) is 91.7 cm³/mol. The molecular formula is C16H19N3O3S. The van der Waals surface area contributed by atoms with Crippen LogP contribution in [0.25, 0.3) is 6.08 Å². The number of carbonyl (C=O) groups excluding carboxylic acids is 2. The van der Waals surface area contributed by atoms with Crippen LogP contribution in [0.2, 0.25) is 0 Å². The summed E-state index contributed by atoms with van der Waals surface area (Å²) in [5, 5.41) is 6.75. The Balaban J connectivity index is 2.02. The molecule has 122 valence electrons. The van der Waals surface area contributed by atoms with Crippen LogP contribution in [0.1, 0.15) is 26.3 Å². The lowest BCUT2D eigenvalue weighted by molar-refractivity contribution is -0.119. The van der Waals surface area contributed by atoms with E-state index in [9.17, 15) is 9.59 Å². The maximum atomic E-state index is 11.9. The first-order valence-electron chi connectivity index (χ1n) is 7.22. The zero-order valence-electron chi connectivity index (χ0n) is 13.3. The molecule has 7 heteroatoms. The van der Waals surface area contributed by atoms with E-state index in [1.54, 1.807) is 6.08 Å². The van der Waals surface area contributed by atoms with E-state index < -0.39 is 0 Å². The van der Waals surface area contributed by atoms with Crippen molar-refractivity contribution in [3.05, 3.63) is 34.7 Å². The molecule has 1 aliphatic rings. The number of carbonyl (C=O) groups is 2. The number of ether oxygens (including phenoxy) is 1. The van der Waals surface area contributed by atoms with E-state index in [-0.39, 0.29) is 11.8 Å². The average molecular weight is 333 g/mol. The third kappa shape index (κ3) is 5.45. The number of benzene rings is 1. The summed E-state index contributed by atoms with van der Waals surface area (Å²) in [6, 6.07) is 7.52. The van der Waals surface area contributed by atoms with E-state index in [0.29, 0.717) is 22.6 Å². The van der Waals surface area contributed by atoms with E-state index in [1.165, 1.54) is 18.7 Å². The maximum Gasteiger partial charge on any atom is 0.264 e. The van der Waals surface area contributed by atoms with Crippen molar-refractivity contribution < 1.29 is 14.3 Å². The van der Waals surface area contributed by atoms with Crippen LogP contribution < -0.4 is 15.5 Å². The number of thioether (sulfide) groups is 1. The Bertz CT molecular complexity index is 651. The minimum Gasteiger partial charge on any atom is -0.493 e. The molecule has 0 spiro atoms. The fraction of sp³-hybridized carbons (Fsp3) is 0.312. The molecule has 0 saturated carbocycles. The molecule has 6 nitrogen and oxygen atoms in total. The number of nitrogens with zero attached hydrogens (tertiary/aromatic N) is 1. The summed E-state index contributed by atoms with van der Waals surface area (Å²) in [6.45, 7) is 6.20. The van der Waals surface area contributed by atoms with Crippen molar-refractivity contribution >= 4 is 34.8 Å². The molecule has 2 amide bonds. The summed E-state index contributed by atoms with van der Waals surface area (Å²) < 4.78 is 5.62. The standard InChI is InChI=1S/C16H19N3O3S/c1-10(2)9-22-13-6-4-12(5-7-13)8-14-15(21)17-16(23-14)19-18-11(3)20/h4-8,10H,9H2,1-3H3,(H,18,20)(H,17,19,21). The topological polar surface area (TPSA) is 79.8 Å². The Morgan fingerprint density at radius 2 is 2.09 bits per heavy atom. The van der Waals surface area contributed by atoms with Crippen LogP contribution >= 0.6 is 11.8 Å². The molecule has 0 unspecified atom stereocenters. The van der Waals surface area contributed by atoms with E-state index in [1.807, 2.05) is 24.3 Å². The summed E-state index contributed by atoms with van der Waals surface area (Å²) in [6.07, 6.45) is 1.77. The van der Waals surface area contributed by atoms with Gasteiger partial charge in [-0.1, -0.05) is 26.0 Å². The van der Waals surface area contributed by atoms with Gasteiger partial charge in [0.15, 0.2) is 5.17 Å². The Labute approximate surface area is 139 Å². The smallest absolute Gasteiger partial charge is 0.264 e. The van der Waals surface area contributed by atoms with Gasteiger partial charge in [-0.05, 0) is 41.5 Å². The quantitative estimate of drug-likeness (QED) is 0.640. The second kappa shape index (κ2) is 7.82. The molecule has 0 bridgehead atoms. The number of hydrogen-bond donors (Lipinski definition) is 2. The van der Waals surface area contributed by atoms with Crippen LogP contribution in [0.15, 0.2) is 34.3 Å². The van der Waals surface area contributed by atoms with Gasteiger partial charge in [0.1, 0.15) is 5.75 Å². The maximum absolute atomic E-state index is 11.9. The van der Waals surface area contributed by atoms with Crippen molar-refractivity contribution in [2.75, 3.05) is 6.61 Å². The third-order valence-corrected chi connectivity index (χ3v) is 3.64. The zero-order chi connectivity index (χ0) is 16.8. The van der Waals surface area contributed by atoms with Gasteiger partial charge in [0.2, 0.25) is 5.91 Å². The molecule has 0 aromatic heterocycles. The van der Waals surface area contributed by atoms with Gasteiger partial charge in [0, 0.05) is 6.92 Å². The van der Waals surface area contributed by atoms with E-state index >= 15 is 0 Å². The molecule has 2 rings (SSSR count). The monoisotopic (exact) mass is 333 g/mol. The largest absolute Gasteiger partial charge is 0.493 e. The summed E-state index contributed by atoms with van der Waals surface area (Å²) in [4.78, 5) is 23.2. The molecule has 1 saturated heterocycles. The highest BCUT2D eigenvalue weighted by molar-refractivity contribution is 8.18. The lowest BCUT2D eigenvalue weighted by Crippen LogP contribution is -2.23. The Hall–Kier alpha value is -2.28. The lowest BCUT2D eigenvalue weighted by Gasteiger charge is -2.08. The number of amidine groups is 1. The second-order valence-corrected chi connectivity index (χ2v) is 6.45. The van der Waals surface area contributed by atoms with Crippen LogP contribution in [-0.2, 0) is 9.59 Å². The van der Waals surface area contributed by atoms with Gasteiger partial charge in [0.25, 0.3) is 5.91 Å². The summed E-state index contributed by atoms with van der Waals surface area (Å²) in [7, 11) is 0. The van der Waals surface area contributed by atoms with E-state index in [2.05, 4.69) is 29.7 Å². The average Bonchev–Trinajstić information content (AvgIpc) is 2.84. The Morgan fingerprint density at radius 1 is 1.39 bits per heavy atom. The zero-order valence-corrected chi connectivity index (χ0v) is 14.1. The fourth-order valence-corrected chi connectivity index (χ4v) is 2.47. The number of hydrogen-bond acceptors (Lipinski definition) is 5. The highest BCUT2D eigenvalue weighted by atomic mass is 32.2. The molecule has 0 radical (unpaired) electrons. The number of nitrogens with one attached hydrogen (secondary N) is 2. The van der Waals surface area contributed by atoms with Crippen molar-refractivity contribution in [3.8, 4) is 5.75 Å². The van der Waals surface area contributed by atoms with E-state index in [0.717, 1.165) is 11.3 Å². The number of hydrazone groups is 1. The van der Waals surface area contributed by atoms with Crippen molar-refractivity contribution in [2.24, 2.45) is 11.0 Å². The Morgan fingerprint density at radius 3 is 2.70 bits per heavy atom. The van der Waals surface area contributed by atoms with Crippen LogP contribution in [0, 0.1) is 5.92 Å². The molecule has 1 fully saturated rings. The summed E-state index contributed by atoms with van der Waals surface area (Å²) in [5.41, 5.74) is 3.18. The molecule has 1 aromatic rings. The highest BCUT2D eigenvalue weighted by Crippen LogP contribution is 2.26. The molecule has 0 aliphatic carbocycles. The fourth-order valence-electron chi connectivity index (χ4n) is 1.68. The molecule has 1 heterocycles. The van der Waals surface area contributed by atoms with Gasteiger partial charge in [-0.25, -0.2) is 5.43 Å². The molecular weight excluding hydrogens is 314 g/mol. The highest BCUT2D eigenvalue weighted by Gasteiger charge is 2.23. The van der Waals surface area contributed by atoms with Crippen LogP contribution in [0.4, 0.5) is 0 Å². The summed E-state index contributed by atoms with van der Waals surface area (Å²) >= 11 is 1.18. The molecule has 23 heavy (non-hydrogen) atoms. The van der Waals surface area contributed by atoms with Crippen LogP contribution in [0.3, 0.4) is 0 Å². The van der Waals surface area contributed by atoms with Crippen molar-refractivity contribution in [3.63, 3.8) is 0 Å². The van der Waals surface area contributed by atoms with Gasteiger partial charge in [-0.15, -0.1) is 5.10 Å². The van der Waals surface area contributed by atoms with Crippen molar-refractivity contribution in [2.45, 2.75) is 20.8 Å². The first kappa shape index (κ1) is 17.1. The minimum absolute atomic E-state index is 0.237.